The number of rotatable bonds is 5. The molecule has 2 unspecified atom stereocenters. The predicted octanol–water partition coefficient (Wildman–Crippen LogP) is 2.69. The monoisotopic (exact) mass is 388 g/mol. The molecule has 1 aromatic heterocycles. The first-order valence-corrected chi connectivity index (χ1v) is 10.3. The lowest BCUT2D eigenvalue weighted by Crippen LogP contribution is -2.53. The number of aromatic amines is 1. The molecule has 0 aliphatic carbocycles. The third-order valence-electron chi connectivity index (χ3n) is 5.48. The highest BCUT2D eigenvalue weighted by Crippen LogP contribution is 2.22. The Bertz CT molecular complexity index is 816. The zero-order valence-electron chi connectivity index (χ0n) is 16.4. The number of nitrogens with one attached hydrogen (secondary N) is 2. The second-order valence-electron chi connectivity index (χ2n) is 7.40. The molecule has 4 rings (SSSR count). The normalized spacial score (nSPS) is 23.5. The van der Waals surface area contributed by atoms with Crippen LogP contribution >= 0.6 is 0 Å². The Balaban J connectivity index is 1.41. The van der Waals surface area contributed by atoms with Gasteiger partial charge in [-0.1, -0.05) is 0 Å². The molecule has 6 nitrogen and oxygen atoms in total. The number of ether oxygens (including phenoxy) is 2. The number of H-pyrrole nitrogens is 1. The van der Waals surface area contributed by atoms with Gasteiger partial charge < -0.3 is 24.7 Å². The zero-order chi connectivity index (χ0) is 19.3. The van der Waals surface area contributed by atoms with Crippen LogP contribution in [0.25, 0.3) is 10.9 Å². The topological polar surface area (TPSA) is 61.9 Å². The number of aliphatic imine (C=N–C) groups is 1. The van der Waals surface area contributed by atoms with Crippen molar-refractivity contribution in [2.45, 2.75) is 38.4 Å². The summed E-state index contributed by atoms with van der Waals surface area (Å²) in [7, 11) is 0. The molecule has 0 amide bonds. The van der Waals surface area contributed by atoms with E-state index < -0.39 is 0 Å². The summed E-state index contributed by atoms with van der Waals surface area (Å²) < 4.78 is 25.3. The highest BCUT2D eigenvalue weighted by Gasteiger charge is 2.32. The van der Waals surface area contributed by atoms with Crippen molar-refractivity contribution in [3.63, 3.8) is 0 Å². The van der Waals surface area contributed by atoms with Crippen molar-refractivity contribution >= 4 is 16.9 Å². The van der Waals surface area contributed by atoms with Crippen LogP contribution in [0, 0.1) is 5.82 Å². The van der Waals surface area contributed by atoms with Gasteiger partial charge in [0.25, 0.3) is 0 Å². The van der Waals surface area contributed by atoms with E-state index in [1.165, 1.54) is 6.07 Å². The summed E-state index contributed by atoms with van der Waals surface area (Å²) in [5, 5.41) is 4.34. The molecule has 28 heavy (non-hydrogen) atoms. The molecule has 2 aliphatic rings. The largest absolute Gasteiger partial charge is 0.375 e. The molecule has 2 aliphatic heterocycles. The predicted molar refractivity (Wildman–Crippen MR) is 108 cm³/mol. The molecular weight excluding hydrogens is 359 g/mol. The van der Waals surface area contributed by atoms with Crippen LogP contribution in [0.3, 0.4) is 0 Å². The number of fused-ring (bicyclic) bond motifs is 1. The van der Waals surface area contributed by atoms with Crippen molar-refractivity contribution in [3.8, 4) is 0 Å². The van der Waals surface area contributed by atoms with Gasteiger partial charge in [-0.05, 0) is 49.9 Å². The molecule has 2 atom stereocenters. The van der Waals surface area contributed by atoms with Gasteiger partial charge in [0.15, 0.2) is 5.96 Å². The van der Waals surface area contributed by atoms with E-state index in [2.05, 4.69) is 22.1 Å². The Morgan fingerprint density at radius 1 is 1.32 bits per heavy atom. The molecule has 2 saturated heterocycles. The molecule has 2 aromatic rings. The number of hydrogen-bond acceptors (Lipinski definition) is 3. The summed E-state index contributed by atoms with van der Waals surface area (Å²) in [5.41, 5.74) is 2.05. The summed E-state index contributed by atoms with van der Waals surface area (Å²) in [6.07, 6.45) is 5.21. The molecule has 2 N–H and O–H groups in total. The minimum absolute atomic E-state index is 0.108. The van der Waals surface area contributed by atoms with E-state index in [-0.39, 0.29) is 18.0 Å². The van der Waals surface area contributed by atoms with E-state index in [1.807, 2.05) is 6.20 Å². The van der Waals surface area contributed by atoms with Gasteiger partial charge in [0.1, 0.15) is 11.9 Å². The molecule has 0 saturated carbocycles. The maximum atomic E-state index is 13.6. The number of benzene rings is 1. The van der Waals surface area contributed by atoms with Crippen LogP contribution < -0.4 is 5.32 Å². The molecule has 2 fully saturated rings. The van der Waals surface area contributed by atoms with Gasteiger partial charge in [0.05, 0.1) is 12.7 Å². The smallest absolute Gasteiger partial charge is 0.194 e. The van der Waals surface area contributed by atoms with E-state index >= 15 is 0 Å². The van der Waals surface area contributed by atoms with E-state index in [0.29, 0.717) is 13.2 Å². The number of halogens is 1. The van der Waals surface area contributed by atoms with E-state index in [9.17, 15) is 4.39 Å². The van der Waals surface area contributed by atoms with Crippen molar-refractivity contribution in [2.24, 2.45) is 4.99 Å². The van der Waals surface area contributed by atoms with Crippen LogP contribution in [-0.2, 0) is 15.9 Å². The fourth-order valence-electron chi connectivity index (χ4n) is 4.05. The van der Waals surface area contributed by atoms with E-state index in [4.69, 9.17) is 14.5 Å². The lowest BCUT2D eigenvalue weighted by Gasteiger charge is -2.37. The Hall–Kier alpha value is -2.12. The van der Waals surface area contributed by atoms with Gasteiger partial charge >= 0.3 is 0 Å². The molecule has 3 heterocycles. The molecule has 1 aromatic carbocycles. The number of aromatic nitrogens is 1. The standard InChI is InChI=1S/C21H29FN4O2/c1-2-23-21(26-9-11-28-20(14-26)19-4-3-10-27-19)24-8-7-15-13-25-18-6-5-16(22)12-17(15)18/h5-6,12-13,19-20,25H,2-4,7-11,14H2,1H3,(H,23,24). The highest BCUT2D eigenvalue weighted by atomic mass is 19.1. The second kappa shape index (κ2) is 8.92. The van der Waals surface area contributed by atoms with Crippen molar-refractivity contribution in [1.29, 1.82) is 0 Å². The average Bonchev–Trinajstić information content (AvgIpc) is 3.38. The first kappa shape index (κ1) is 19.2. The SMILES string of the molecule is CCNC(=NCCc1c[nH]c2ccc(F)cc12)N1CCOC(C2CCCO2)C1. The van der Waals surface area contributed by atoms with Gasteiger partial charge in [-0.15, -0.1) is 0 Å². The van der Waals surface area contributed by atoms with Crippen molar-refractivity contribution in [2.75, 3.05) is 39.4 Å². The van der Waals surface area contributed by atoms with Crippen LogP contribution in [-0.4, -0.2) is 67.4 Å². The van der Waals surface area contributed by atoms with Crippen molar-refractivity contribution in [3.05, 3.63) is 35.8 Å². The van der Waals surface area contributed by atoms with Crippen LogP contribution in [0.4, 0.5) is 4.39 Å². The molecule has 7 heteroatoms. The lowest BCUT2D eigenvalue weighted by molar-refractivity contribution is -0.0817. The first-order chi connectivity index (χ1) is 13.7. The Morgan fingerprint density at radius 2 is 2.21 bits per heavy atom. The zero-order valence-corrected chi connectivity index (χ0v) is 16.4. The molecule has 0 bridgehead atoms. The van der Waals surface area contributed by atoms with Crippen LogP contribution in [0.5, 0.6) is 0 Å². The summed E-state index contributed by atoms with van der Waals surface area (Å²) >= 11 is 0. The maximum Gasteiger partial charge on any atom is 0.194 e. The number of nitrogens with zero attached hydrogens (tertiary/aromatic N) is 2. The average molecular weight is 388 g/mol. The van der Waals surface area contributed by atoms with Gasteiger partial charge in [-0.25, -0.2) is 4.39 Å². The van der Waals surface area contributed by atoms with Crippen molar-refractivity contribution in [1.82, 2.24) is 15.2 Å². The molecule has 152 valence electrons. The fraction of sp³-hybridized carbons (Fsp3) is 0.571. The van der Waals surface area contributed by atoms with Gasteiger partial charge in [-0.2, -0.15) is 0 Å². The van der Waals surface area contributed by atoms with Crippen LogP contribution in [0.1, 0.15) is 25.3 Å². The minimum atomic E-state index is -0.210. The third kappa shape index (κ3) is 4.31. The Kier molecular flexibility index (Phi) is 6.12. The minimum Gasteiger partial charge on any atom is -0.375 e. The first-order valence-electron chi connectivity index (χ1n) is 10.3. The van der Waals surface area contributed by atoms with Crippen LogP contribution in [0.15, 0.2) is 29.4 Å². The van der Waals surface area contributed by atoms with Gasteiger partial charge in [0, 0.05) is 49.9 Å². The van der Waals surface area contributed by atoms with Gasteiger partial charge in [0.2, 0.25) is 0 Å². The summed E-state index contributed by atoms with van der Waals surface area (Å²) in [6, 6.07) is 4.84. The summed E-state index contributed by atoms with van der Waals surface area (Å²) in [4.78, 5) is 10.3. The molecular formula is C21H29FN4O2. The maximum absolute atomic E-state index is 13.6. The third-order valence-corrected chi connectivity index (χ3v) is 5.48. The van der Waals surface area contributed by atoms with E-state index in [0.717, 1.165) is 67.9 Å². The quantitative estimate of drug-likeness (QED) is 0.611. The molecule has 0 radical (unpaired) electrons. The van der Waals surface area contributed by atoms with Crippen LogP contribution in [0.2, 0.25) is 0 Å². The number of hydrogen-bond donors (Lipinski definition) is 2. The Labute approximate surface area is 165 Å². The Morgan fingerprint density at radius 3 is 3.04 bits per heavy atom. The second-order valence-corrected chi connectivity index (χ2v) is 7.40. The fourth-order valence-corrected chi connectivity index (χ4v) is 4.05. The van der Waals surface area contributed by atoms with E-state index in [1.54, 1.807) is 12.1 Å². The summed E-state index contributed by atoms with van der Waals surface area (Å²) in [6.45, 7) is 6.70. The summed E-state index contributed by atoms with van der Waals surface area (Å²) in [5.74, 6) is 0.707. The van der Waals surface area contributed by atoms with Gasteiger partial charge in [-0.3, -0.25) is 4.99 Å². The highest BCUT2D eigenvalue weighted by molar-refractivity contribution is 5.83. The number of guanidine groups is 1. The lowest BCUT2D eigenvalue weighted by atomic mass is 10.1. The number of morpholine rings is 1. The molecule has 0 spiro atoms. The van der Waals surface area contributed by atoms with Crippen molar-refractivity contribution < 1.29 is 13.9 Å².